The number of benzene rings is 1. The van der Waals surface area contributed by atoms with Crippen molar-refractivity contribution in [1.82, 2.24) is 5.43 Å². The van der Waals surface area contributed by atoms with Crippen LogP contribution in [0, 0.1) is 5.41 Å². The van der Waals surface area contributed by atoms with Crippen molar-refractivity contribution in [3.63, 3.8) is 0 Å². The first-order valence-electron chi connectivity index (χ1n) is 6.72. The fourth-order valence-electron chi connectivity index (χ4n) is 2.82. The van der Waals surface area contributed by atoms with E-state index < -0.39 is 0 Å². The average molecular weight is 264 g/mol. The topological polar surface area (TPSA) is 56.5 Å². The molecule has 106 valence electrons. The summed E-state index contributed by atoms with van der Waals surface area (Å²) >= 11 is 0. The number of ether oxygens (including phenoxy) is 2. The van der Waals surface area contributed by atoms with Crippen LogP contribution in [0.4, 0.5) is 0 Å². The Kier molecular flexibility index (Phi) is 4.13. The van der Waals surface area contributed by atoms with Crippen molar-refractivity contribution in [2.24, 2.45) is 11.3 Å². The molecule has 2 atom stereocenters. The minimum Gasteiger partial charge on any atom is -0.493 e. The number of hydrogen-bond donors (Lipinski definition) is 2. The molecule has 0 aliphatic carbocycles. The Morgan fingerprint density at radius 2 is 2.11 bits per heavy atom. The van der Waals surface area contributed by atoms with Crippen LogP contribution in [-0.4, -0.2) is 19.8 Å². The van der Waals surface area contributed by atoms with Crippen LogP contribution < -0.4 is 16.0 Å². The van der Waals surface area contributed by atoms with Crippen molar-refractivity contribution in [2.75, 3.05) is 13.7 Å². The van der Waals surface area contributed by atoms with Crippen molar-refractivity contribution in [3.8, 4) is 5.75 Å². The molecule has 0 radical (unpaired) electrons. The van der Waals surface area contributed by atoms with E-state index in [0.29, 0.717) is 0 Å². The van der Waals surface area contributed by atoms with Gasteiger partial charge in [0.1, 0.15) is 5.75 Å². The van der Waals surface area contributed by atoms with Crippen molar-refractivity contribution in [3.05, 3.63) is 29.3 Å². The Bertz CT molecular complexity index is 440. The molecule has 1 aromatic rings. The van der Waals surface area contributed by atoms with Gasteiger partial charge in [0.25, 0.3) is 0 Å². The first kappa shape index (κ1) is 14.3. The molecule has 4 nitrogen and oxygen atoms in total. The molecule has 19 heavy (non-hydrogen) atoms. The molecule has 0 spiro atoms. The van der Waals surface area contributed by atoms with Crippen LogP contribution >= 0.6 is 0 Å². The number of hydrogen-bond acceptors (Lipinski definition) is 4. The van der Waals surface area contributed by atoms with E-state index in [0.717, 1.165) is 24.3 Å². The summed E-state index contributed by atoms with van der Waals surface area (Å²) in [7, 11) is 1.73. The van der Waals surface area contributed by atoms with Crippen LogP contribution in [-0.2, 0) is 11.2 Å². The van der Waals surface area contributed by atoms with Gasteiger partial charge >= 0.3 is 0 Å². The molecule has 0 bridgehead atoms. The molecule has 0 saturated carbocycles. The Balaban J connectivity index is 2.40. The van der Waals surface area contributed by atoms with E-state index in [1.165, 1.54) is 5.56 Å². The molecule has 0 fully saturated rings. The highest BCUT2D eigenvalue weighted by molar-refractivity contribution is 5.46. The third kappa shape index (κ3) is 2.76. The molecule has 1 aliphatic heterocycles. The van der Waals surface area contributed by atoms with Crippen LogP contribution in [0.2, 0.25) is 0 Å². The van der Waals surface area contributed by atoms with Gasteiger partial charge in [-0.1, -0.05) is 39.0 Å². The van der Waals surface area contributed by atoms with E-state index in [9.17, 15) is 0 Å². The van der Waals surface area contributed by atoms with E-state index in [4.69, 9.17) is 15.3 Å². The quantitative estimate of drug-likeness (QED) is 0.646. The van der Waals surface area contributed by atoms with Crippen LogP contribution in [0.15, 0.2) is 18.2 Å². The summed E-state index contributed by atoms with van der Waals surface area (Å²) in [6.07, 6.45) is 0.932. The fraction of sp³-hybridized carbons (Fsp3) is 0.600. The lowest BCUT2D eigenvalue weighted by atomic mass is 9.81. The molecule has 0 amide bonds. The van der Waals surface area contributed by atoms with Crippen molar-refractivity contribution >= 4 is 0 Å². The molecule has 2 rings (SSSR count). The molecule has 1 aliphatic rings. The average Bonchev–Trinajstić information content (AvgIpc) is 2.82. The van der Waals surface area contributed by atoms with Gasteiger partial charge < -0.3 is 9.47 Å². The van der Waals surface area contributed by atoms with E-state index in [1.54, 1.807) is 7.11 Å². The smallest absolute Gasteiger partial charge is 0.127 e. The van der Waals surface area contributed by atoms with Crippen molar-refractivity contribution in [2.45, 2.75) is 39.3 Å². The van der Waals surface area contributed by atoms with Gasteiger partial charge in [0.2, 0.25) is 0 Å². The maximum Gasteiger partial charge on any atom is 0.127 e. The van der Waals surface area contributed by atoms with Crippen LogP contribution in [0.3, 0.4) is 0 Å². The number of rotatable bonds is 4. The van der Waals surface area contributed by atoms with Gasteiger partial charge in [-0.2, -0.15) is 0 Å². The van der Waals surface area contributed by atoms with Gasteiger partial charge in [-0.3, -0.25) is 11.3 Å². The first-order valence-corrected chi connectivity index (χ1v) is 6.72. The molecular weight excluding hydrogens is 240 g/mol. The number of nitrogens with one attached hydrogen (secondary N) is 1. The standard InChI is InChI=1S/C15H24N2O2/c1-15(2,3)14(18-4)12(17-16)11-7-5-6-10-8-9-19-13(10)11/h5-7,12,14,17H,8-9,16H2,1-4H3. The van der Waals surface area contributed by atoms with Gasteiger partial charge in [-0.15, -0.1) is 0 Å². The van der Waals surface area contributed by atoms with E-state index in [1.807, 2.05) is 0 Å². The zero-order valence-corrected chi connectivity index (χ0v) is 12.2. The highest BCUT2D eigenvalue weighted by Gasteiger charge is 2.35. The van der Waals surface area contributed by atoms with Gasteiger partial charge in [0.05, 0.1) is 18.8 Å². The highest BCUT2D eigenvalue weighted by atomic mass is 16.5. The maximum absolute atomic E-state index is 5.79. The predicted molar refractivity (Wildman–Crippen MR) is 76.0 cm³/mol. The van der Waals surface area contributed by atoms with Gasteiger partial charge in [-0.05, 0) is 11.0 Å². The van der Waals surface area contributed by atoms with Crippen molar-refractivity contribution in [1.29, 1.82) is 0 Å². The van der Waals surface area contributed by atoms with Gasteiger partial charge in [-0.25, -0.2) is 0 Å². The minimum atomic E-state index is -0.0851. The lowest BCUT2D eigenvalue weighted by Gasteiger charge is -2.36. The number of fused-ring (bicyclic) bond motifs is 1. The number of nitrogens with two attached hydrogens (primary N) is 1. The Labute approximate surface area is 115 Å². The van der Waals surface area contributed by atoms with Crippen LogP contribution in [0.1, 0.15) is 37.9 Å². The summed E-state index contributed by atoms with van der Waals surface area (Å²) in [4.78, 5) is 0. The molecule has 0 aromatic heterocycles. The van der Waals surface area contributed by atoms with Gasteiger partial charge in [0, 0.05) is 19.1 Å². The molecule has 0 saturated heterocycles. The normalized spacial score (nSPS) is 17.7. The zero-order valence-electron chi connectivity index (χ0n) is 12.2. The molecule has 4 heteroatoms. The predicted octanol–water partition coefficient (Wildman–Crippen LogP) is 2.19. The second kappa shape index (κ2) is 5.49. The number of para-hydroxylation sites is 1. The van der Waals surface area contributed by atoms with Crippen molar-refractivity contribution < 1.29 is 9.47 Å². The summed E-state index contributed by atoms with van der Waals surface area (Å²) < 4.78 is 11.5. The molecule has 3 N–H and O–H groups in total. The number of methoxy groups -OCH3 is 1. The van der Waals surface area contributed by atoms with E-state index >= 15 is 0 Å². The largest absolute Gasteiger partial charge is 0.493 e. The molecular formula is C15H24N2O2. The SMILES string of the molecule is COC(C(NN)c1cccc2c1OCC2)C(C)(C)C. The zero-order chi connectivity index (χ0) is 14.0. The van der Waals surface area contributed by atoms with E-state index in [-0.39, 0.29) is 17.6 Å². The third-order valence-corrected chi connectivity index (χ3v) is 3.67. The lowest BCUT2D eigenvalue weighted by molar-refractivity contribution is -0.0125. The second-order valence-electron chi connectivity index (χ2n) is 6.10. The summed E-state index contributed by atoms with van der Waals surface area (Å²) in [5.41, 5.74) is 5.21. The third-order valence-electron chi connectivity index (χ3n) is 3.67. The summed E-state index contributed by atoms with van der Waals surface area (Å²) in [5, 5.41) is 0. The Morgan fingerprint density at radius 1 is 1.37 bits per heavy atom. The second-order valence-corrected chi connectivity index (χ2v) is 6.10. The van der Waals surface area contributed by atoms with Crippen LogP contribution in [0.5, 0.6) is 5.75 Å². The van der Waals surface area contributed by atoms with Gasteiger partial charge in [0.15, 0.2) is 0 Å². The Hall–Kier alpha value is -1.10. The Morgan fingerprint density at radius 3 is 2.68 bits per heavy atom. The minimum absolute atomic E-state index is 0.0207. The fourth-order valence-corrected chi connectivity index (χ4v) is 2.82. The molecule has 1 aromatic carbocycles. The first-order chi connectivity index (χ1) is 8.99. The maximum atomic E-state index is 5.79. The summed E-state index contributed by atoms with van der Waals surface area (Å²) in [5.74, 6) is 6.76. The highest BCUT2D eigenvalue weighted by Crippen LogP contribution is 2.39. The molecule has 2 unspecified atom stereocenters. The summed E-state index contributed by atoms with van der Waals surface area (Å²) in [6.45, 7) is 7.19. The monoisotopic (exact) mass is 264 g/mol. The number of hydrazine groups is 1. The van der Waals surface area contributed by atoms with Crippen LogP contribution in [0.25, 0.3) is 0 Å². The summed E-state index contributed by atoms with van der Waals surface area (Å²) in [6, 6.07) is 6.14. The molecule has 1 heterocycles. The lowest BCUT2D eigenvalue weighted by Crippen LogP contribution is -2.44. The van der Waals surface area contributed by atoms with E-state index in [2.05, 4.69) is 44.4 Å².